The fraction of sp³-hybridized carbons (Fsp3) is 0.190. The zero-order valence-corrected chi connectivity index (χ0v) is 16.7. The van der Waals surface area contributed by atoms with Crippen LogP contribution in [0.3, 0.4) is 0 Å². The van der Waals surface area contributed by atoms with Gasteiger partial charge in [-0.15, -0.1) is 11.3 Å². The van der Waals surface area contributed by atoms with Crippen LogP contribution in [0.5, 0.6) is 5.75 Å². The Morgan fingerprint density at radius 3 is 2.64 bits per heavy atom. The van der Waals surface area contributed by atoms with Crippen molar-refractivity contribution in [2.45, 2.75) is 20.5 Å². The molecule has 0 saturated carbocycles. The average Bonchev–Trinajstić information content (AvgIpc) is 3.14. The zero-order chi connectivity index (χ0) is 20.1. The van der Waals surface area contributed by atoms with Gasteiger partial charge in [0.05, 0.1) is 24.1 Å². The number of hydrogen-bond acceptors (Lipinski definition) is 6. The maximum absolute atomic E-state index is 12.2. The third-order valence-electron chi connectivity index (χ3n) is 3.96. The highest BCUT2D eigenvalue weighted by Crippen LogP contribution is 2.29. The van der Waals surface area contributed by atoms with Crippen molar-refractivity contribution >= 4 is 34.0 Å². The molecule has 3 aromatic rings. The number of anilines is 2. The van der Waals surface area contributed by atoms with Crippen molar-refractivity contribution in [3.63, 3.8) is 0 Å². The second kappa shape index (κ2) is 8.67. The lowest BCUT2D eigenvalue weighted by molar-refractivity contribution is -0.115. The second-order valence-electron chi connectivity index (χ2n) is 6.12. The van der Waals surface area contributed by atoms with Crippen LogP contribution in [0.1, 0.15) is 28.5 Å². The van der Waals surface area contributed by atoms with E-state index in [4.69, 9.17) is 9.47 Å². The molecule has 7 heteroatoms. The molecule has 1 aromatic heterocycles. The molecule has 0 N–H and O–H groups in total. The molecule has 0 radical (unpaired) electrons. The molecule has 3 rings (SSSR count). The van der Waals surface area contributed by atoms with Gasteiger partial charge in [0.15, 0.2) is 5.13 Å². The Labute approximate surface area is 167 Å². The molecule has 0 unspecified atom stereocenters. The summed E-state index contributed by atoms with van der Waals surface area (Å²) in [5.74, 6) is -0.0175. The molecule has 28 heavy (non-hydrogen) atoms. The minimum atomic E-state index is -0.462. The number of carbonyl (C=O) groups excluding carboxylic acids is 2. The Kier molecular flexibility index (Phi) is 6.06. The van der Waals surface area contributed by atoms with Gasteiger partial charge < -0.3 is 9.47 Å². The van der Waals surface area contributed by atoms with Gasteiger partial charge in [-0.3, -0.25) is 9.69 Å². The summed E-state index contributed by atoms with van der Waals surface area (Å²) in [7, 11) is 1.54. The summed E-state index contributed by atoms with van der Waals surface area (Å²) in [4.78, 5) is 30.4. The van der Waals surface area contributed by atoms with Crippen molar-refractivity contribution in [1.29, 1.82) is 0 Å². The molecule has 0 fully saturated rings. The molecule has 144 valence electrons. The van der Waals surface area contributed by atoms with Gasteiger partial charge in [0.25, 0.3) is 0 Å². The molecule has 1 heterocycles. The highest BCUT2D eigenvalue weighted by molar-refractivity contribution is 7.14. The molecule has 0 saturated heterocycles. The summed E-state index contributed by atoms with van der Waals surface area (Å²) in [6.07, 6.45) is 0. The van der Waals surface area contributed by atoms with Crippen LogP contribution in [0, 0.1) is 6.92 Å². The van der Waals surface area contributed by atoms with Gasteiger partial charge in [-0.1, -0.05) is 18.2 Å². The van der Waals surface area contributed by atoms with Gasteiger partial charge in [-0.25, -0.2) is 9.78 Å². The van der Waals surface area contributed by atoms with Crippen molar-refractivity contribution in [2.24, 2.45) is 0 Å². The second-order valence-corrected chi connectivity index (χ2v) is 6.96. The predicted molar refractivity (Wildman–Crippen MR) is 108 cm³/mol. The van der Waals surface area contributed by atoms with E-state index >= 15 is 0 Å². The van der Waals surface area contributed by atoms with Gasteiger partial charge in [0.2, 0.25) is 5.91 Å². The summed E-state index contributed by atoms with van der Waals surface area (Å²) < 4.78 is 10.5. The first-order chi connectivity index (χ1) is 13.5. The van der Waals surface area contributed by atoms with E-state index in [1.165, 1.54) is 25.4 Å². The Bertz CT molecular complexity index is 999. The maximum Gasteiger partial charge on any atom is 0.338 e. The quantitative estimate of drug-likeness (QED) is 0.574. The molecule has 0 spiro atoms. The van der Waals surface area contributed by atoms with Gasteiger partial charge in [0.1, 0.15) is 12.4 Å². The number of thiazole rings is 1. The minimum Gasteiger partial charge on any atom is -0.497 e. The lowest BCUT2D eigenvalue weighted by atomic mass is 10.2. The van der Waals surface area contributed by atoms with Gasteiger partial charge in [0, 0.05) is 12.3 Å². The van der Waals surface area contributed by atoms with Crippen LogP contribution in [0.25, 0.3) is 0 Å². The van der Waals surface area contributed by atoms with Crippen molar-refractivity contribution in [1.82, 2.24) is 4.98 Å². The highest BCUT2D eigenvalue weighted by Gasteiger charge is 2.18. The number of ether oxygens (including phenoxy) is 2. The van der Waals surface area contributed by atoms with Crippen LogP contribution in [-0.2, 0) is 16.1 Å². The van der Waals surface area contributed by atoms with Gasteiger partial charge in [-0.2, -0.15) is 0 Å². The number of rotatable bonds is 6. The number of esters is 1. The van der Waals surface area contributed by atoms with Crippen LogP contribution < -0.4 is 9.64 Å². The smallest absolute Gasteiger partial charge is 0.338 e. The van der Waals surface area contributed by atoms with Gasteiger partial charge >= 0.3 is 5.97 Å². The van der Waals surface area contributed by atoms with E-state index in [9.17, 15) is 9.59 Å². The molecule has 0 aliphatic heterocycles. The largest absolute Gasteiger partial charge is 0.497 e. The maximum atomic E-state index is 12.2. The van der Waals surface area contributed by atoms with E-state index in [-0.39, 0.29) is 12.5 Å². The standard InChI is InChI=1S/C21H20N2O4S/c1-14-6-4-8-18(10-14)23(15(2)24)21-22-17(13-28-21)12-27-20(25)16-7-5-9-19(11-16)26-3/h4-11,13H,12H2,1-3H3. The first kappa shape index (κ1) is 19.6. The van der Waals surface area contributed by atoms with Crippen LogP contribution >= 0.6 is 11.3 Å². The van der Waals surface area contributed by atoms with Crippen molar-refractivity contribution in [2.75, 3.05) is 12.0 Å². The molecule has 6 nitrogen and oxygen atoms in total. The summed E-state index contributed by atoms with van der Waals surface area (Å²) in [5, 5.41) is 2.31. The Balaban J connectivity index is 1.72. The number of carbonyl (C=O) groups is 2. The molecule has 0 aliphatic carbocycles. The zero-order valence-electron chi connectivity index (χ0n) is 15.8. The topological polar surface area (TPSA) is 68.7 Å². The fourth-order valence-electron chi connectivity index (χ4n) is 2.63. The Hall–Kier alpha value is -3.19. The van der Waals surface area contributed by atoms with E-state index in [1.54, 1.807) is 34.5 Å². The molecule has 0 aliphatic rings. The Morgan fingerprint density at radius 2 is 1.93 bits per heavy atom. The summed E-state index contributed by atoms with van der Waals surface area (Å²) in [6.45, 7) is 3.48. The first-order valence-corrected chi connectivity index (χ1v) is 9.49. The van der Waals surface area contributed by atoms with Crippen LogP contribution in [0.15, 0.2) is 53.9 Å². The van der Waals surface area contributed by atoms with Gasteiger partial charge in [-0.05, 0) is 42.8 Å². The number of aryl methyl sites for hydroxylation is 1. The summed E-state index contributed by atoms with van der Waals surface area (Å²) in [6, 6.07) is 14.4. The average molecular weight is 396 g/mol. The SMILES string of the molecule is COc1cccc(C(=O)OCc2csc(N(C(C)=O)c3cccc(C)c3)n2)c1. The van der Waals surface area contributed by atoms with Crippen molar-refractivity contribution in [3.8, 4) is 5.75 Å². The molecule has 0 atom stereocenters. The van der Waals surface area contributed by atoms with Crippen LogP contribution in [0.4, 0.5) is 10.8 Å². The number of benzene rings is 2. The lowest BCUT2D eigenvalue weighted by Gasteiger charge is -2.18. The predicted octanol–water partition coefficient (Wildman–Crippen LogP) is 4.50. The summed E-state index contributed by atoms with van der Waals surface area (Å²) >= 11 is 1.32. The highest BCUT2D eigenvalue weighted by atomic mass is 32.1. The lowest BCUT2D eigenvalue weighted by Crippen LogP contribution is -2.22. The first-order valence-electron chi connectivity index (χ1n) is 8.61. The van der Waals surface area contributed by atoms with E-state index < -0.39 is 5.97 Å². The molecule has 0 bridgehead atoms. The Morgan fingerprint density at radius 1 is 1.14 bits per heavy atom. The normalized spacial score (nSPS) is 10.4. The van der Waals surface area contributed by atoms with Crippen molar-refractivity contribution < 1.29 is 19.1 Å². The molecule has 2 aromatic carbocycles. The monoisotopic (exact) mass is 396 g/mol. The number of amides is 1. The van der Waals surface area contributed by atoms with E-state index in [1.807, 2.05) is 31.2 Å². The van der Waals surface area contributed by atoms with E-state index in [0.717, 1.165) is 11.3 Å². The van der Waals surface area contributed by atoms with E-state index in [0.29, 0.717) is 22.1 Å². The number of hydrogen-bond donors (Lipinski definition) is 0. The van der Waals surface area contributed by atoms with Crippen molar-refractivity contribution in [3.05, 3.63) is 70.7 Å². The molecular weight excluding hydrogens is 376 g/mol. The minimum absolute atomic E-state index is 0.0199. The third kappa shape index (κ3) is 4.55. The van der Waals surface area contributed by atoms with E-state index in [2.05, 4.69) is 4.98 Å². The molecule has 1 amide bonds. The number of aromatic nitrogens is 1. The fourth-order valence-corrected chi connectivity index (χ4v) is 3.50. The van der Waals surface area contributed by atoms with Crippen LogP contribution in [0.2, 0.25) is 0 Å². The molecular formula is C21H20N2O4S. The number of nitrogens with zero attached hydrogens (tertiary/aromatic N) is 2. The third-order valence-corrected chi connectivity index (χ3v) is 4.84. The summed E-state index contributed by atoms with van der Waals surface area (Å²) in [5.41, 5.74) is 2.78. The number of methoxy groups -OCH3 is 1. The van der Waals surface area contributed by atoms with Crippen LogP contribution in [-0.4, -0.2) is 24.0 Å².